The number of carboxylic acid groups (broad SMARTS) is 2. The van der Waals surface area contributed by atoms with Gasteiger partial charge in [-0.05, 0) is 68.2 Å². The predicted octanol–water partition coefficient (Wildman–Crippen LogP) is 4.08. The van der Waals surface area contributed by atoms with Crippen molar-refractivity contribution in [3.63, 3.8) is 0 Å². The van der Waals surface area contributed by atoms with Crippen LogP contribution in [0.1, 0.15) is 24.4 Å². The fraction of sp³-hybridized carbons (Fsp3) is 0.286. The number of aromatic nitrogens is 3. The molecule has 9 heteroatoms. The van der Waals surface area contributed by atoms with Gasteiger partial charge in [0, 0.05) is 19.3 Å². The van der Waals surface area contributed by atoms with Crippen molar-refractivity contribution < 1.29 is 24.5 Å². The summed E-state index contributed by atoms with van der Waals surface area (Å²) in [7, 11) is 0. The summed E-state index contributed by atoms with van der Waals surface area (Å²) in [6.07, 6.45) is 4.27. The number of hydrogen-bond donors (Lipinski definition) is 2. The molecule has 37 heavy (non-hydrogen) atoms. The Bertz CT molecular complexity index is 1290. The molecule has 1 saturated heterocycles. The van der Waals surface area contributed by atoms with Gasteiger partial charge in [0.1, 0.15) is 18.2 Å². The first kappa shape index (κ1) is 25.8. The van der Waals surface area contributed by atoms with Gasteiger partial charge in [-0.15, -0.1) is 0 Å². The summed E-state index contributed by atoms with van der Waals surface area (Å²) < 4.78 is 8.41. The SMILES string of the molecule is O=C(O)C(=O)O.c1ccc(OCc2nc3ccccc3n2CC2CCN(Cc3ccccn3)CC2)cc1. The predicted molar refractivity (Wildman–Crippen MR) is 138 cm³/mol. The highest BCUT2D eigenvalue weighted by Crippen LogP contribution is 2.25. The van der Waals surface area contributed by atoms with E-state index >= 15 is 0 Å². The second-order valence-electron chi connectivity index (χ2n) is 8.88. The number of pyridine rings is 1. The number of nitrogens with zero attached hydrogens (tertiary/aromatic N) is 4. The zero-order valence-electron chi connectivity index (χ0n) is 20.4. The molecule has 0 saturated carbocycles. The summed E-state index contributed by atoms with van der Waals surface area (Å²) in [5.74, 6) is -1.12. The highest BCUT2D eigenvalue weighted by Gasteiger charge is 2.22. The molecule has 2 aromatic carbocycles. The number of piperidine rings is 1. The van der Waals surface area contributed by atoms with Gasteiger partial charge in [0.2, 0.25) is 0 Å². The van der Waals surface area contributed by atoms with Gasteiger partial charge in [-0.1, -0.05) is 36.4 Å². The minimum atomic E-state index is -1.82. The van der Waals surface area contributed by atoms with Crippen LogP contribution in [0.3, 0.4) is 0 Å². The van der Waals surface area contributed by atoms with Crippen molar-refractivity contribution >= 4 is 23.0 Å². The molecule has 5 rings (SSSR count). The van der Waals surface area contributed by atoms with Crippen molar-refractivity contribution in [1.29, 1.82) is 0 Å². The standard InChI is InChI=1S/C26H28N4O.C2H2O4/c1-2-9-23(10-3-1)31-20-26-28-24-11-4-5-12-25(24)30(26)18-21-13-16-29(17-14-21)19-22-8-6-7-15-27-22;3-1(4)2(5)6/h1-12,15,21H,13-14,16-20H2;(H,3,4)(H,5,6). The van der Waals surface area contributed by atoms with E-state index in [0.29, 0.717) is 12.5 Å². The molecule has 2 N–H and O–H groups in total. The Morgan fingerprint density at radius 1 is 0.892 bits per heavy atom. The molecule has 0 spiro atoms. The second-order valence-corrected chi connectivity index (χ2v) is 8.88. The lowest BCUT2D eigenvalue weighted by Gasteiger charge is -2.32. The van der Waals surface area contributed by atoms with E-state index in [0.717, 1.165) is 49.0 Å². The van der Waals surface area contributed by atoms with E-state index in [2.05, 4.69) is 50.8 Å². The first-order chi connectivity index (χ1) is 18.0. The maximum Gasteiger partial charge on any atom is 0.414 e. The molecule has 0 amide bonds. The largest absolute Gasteiger partial charge is 0.486 e. The van der Waals surface area contributed by atoms with Crippen LogP contribution in [0, 0.1) is 5.92 Å². The molecule has 2 aromatic heterocycles. The lowest BCUT2D eigenvalue weighted by molar-refractivity contribution is -0.159. The zero-order chi connectivity index (χ0) is 26.0. The Morgan fingerprint density at radius 2 is 1.57 bits per heavy atom. The Morgan fingerprint density at radius 3 is 2.24 bits per heavy atom. The molecular weight excluding hydrogens is 472 g/mol. The van der Waals surface area contributed by atoms with Gasteiger partial charge in [-0.3, -0.25) is 9.88 Å². The number of ether oxygens (including phenoxy) is 1. The van der Waals surface area contributed by atoms with E-state index in [1.54, 1.807) is 0 Å². The maximum absolute atomic E-state index is 9.10. The fourth-order valence-corrected chi connectivity index (χ4v) is 4.41. The van der Waals surface area contributed by atoms with Crippen LogP contribution in [0.5, 0.6) is 5.75 Å². The number of fused-ring (bicyclic) bond motifs is 1. The third kappa shape index (κ3) is 7.37. The average molecular weight is 503 g/mol. The minimum absolute atomic E-state index is 0.483. The number of para-hydroxylation sites is 3. The second kappa shape index (κ2) is 12.6. The topological polar surface area (TPSA) is 118 Å². The van der Waals surface area contributed by atoms with Crippen LogP contribution in [0.15, 0.2) is 79.0 Å². The van der Waals surface area contributed by atoms with Crippen molar-refractivity contribution in [3.8, 4) is 5.75 Å². The summed E-state index contributed by atoms with van der Waals surface area (Å²) in [5.41, 5.74) is 3.40. The highest BCUT2D eigenvalue weighted by atomic mass is 16.5. The molecule has 0 unspecified atom stereocenters. The molecule has 9 nitrogen and oxygen atoms in total. The molecule has 0 bridgehead atoms. The number of aliphatic carboxylic acids is 2. The lowest BCUT2D eigenvalue weighted by Crippen LogP contribution is -2.35. The van der Waals surface area contributed by atoms with Crippen molar-refractivity contribution in [3.05, 3.63) is 90.5 Å². The third-order valence-electron chi connectivity index (χ3n) is 6.29. The number of benzene rings is 2. The molecule has 1 aliphatic rings. The molecule has 1 fully saturated rings. The number of rotatable bonds is 7. The molecular formula is C28H30N4O5. The van der Waals surface area contributed by atoms with Crippen molar-refractivity contribution in [1.82, 2.24) is 19.4 Å². The van der Waals surface area contributed by atoms with E-state index in [1.807, 2.05) is 42.6 Å². The molecule has 192 valence electrons. The van der Waals surface area contributed by atoms with Crippen molar-refractivity contribution in [2.45, 2.75) is 32.5 Å². The average Bonchev–Trinajstić information content (AvgIpc) is 3.27. The van der Waals surface area contributed by atoms with Crippen LogP contribution in [-0.4, -0.2) is 54.7 Å². The molecule has 0 atom stereocenters. The third-order valence-corrected chi connectivity index (χ3v) is 6.29. The Hall–Kier alpha value is -4.24. The Labute approximate surface area is 215 Å². The van der Waals surface area contributed by atoms with Crippen LogP contribution in [-0.2, 0) is 29.3 Å². The van der Waals surface area contributed by atoms with Gasteiger partial charge in [0.05, 0.1) is 16.7 Å². The first-order valence-electron chi connectivity index (χ1n) is 12.2. The lowest BCUT2D eigenvalue weighted by atomic mass is 9.96. The van der Waals surface area contributed by atoms with Crippen LogP contribution in [0.2, 0.25) is 0 Å². The first-order valence-corrected chi connectivity index (χ1v) is 12.2. The zero-order valence-corrected chi connectivity index (χ0v) is 20.4. The number of carboxylic acids is 2. The fourth-order valence-electron chi connectivity index (χ4n) is 4.41. The molecule has 0 radical (unpaired) electrons. The van der Waals surface area contributed by atoms with E-state index in [9.17, 15) is 0 Å². The monoisotopic (exact) mass is 502 g/mol. The number of hydrogen-bond acceptors (Lipinski definition) is 6. The van der Waals surface area contributed by atoms with Crippen LogP contribution < -0.4 is 4.74 Å². The van der Waals surface area contributed by atoms with Gasteiger partial charge < -0.3 is 19.5 Å². The summed E-state index contributed by atoms with van der Waals surface area (Å²) >= 11 is 0. The van der Waals surface area contributed by atoms with E-state index in [1.165, 1.54) is 18.4 Å². The van der Waals surface area contributed by atoms with E-state index < -0.39 is 11.9 Å². The number of carbonyl (C=O) groups is 2. The van der Waals surface area contributed by atoms with Crippen LogP contribution in [0.25, 0.3) is 11.0 Å². The summed E-state index contributed by atoms with van der Waals surface area (Å²) in [6, 6.07) is 24.5. The Balaban J connectivity index is 0.000000480. The quantitative estimate of drug-likeness (QED) is 0.363. The van der Waals surface area contributed by atoms with Crippen LogP contribution in [0.4, 0.5) is 0 Å². The van der Waals surface area contributed by atoms with Crippen molar-refractivity contribution in [2.24, 2.45) is 5.92 Å². The molecule has 4 aromatic rings. The summed E-state index contributed by atoms with van der Waals surface area (Å²) in [6.45, 7) is 4.65. The van der Waals surface area contributed by atoms with E-state index in [-0.39, 0.29) is 0 Å². The molecule has 1 aliphatic heterocycles. The number of likely N-dealkylation sites (tertiary alicyclic amines) is 1. The van der Waals surface area contributed by atoms with Gasteiger partial charge in [-0.2, -0.15) is 0 Å². The van der Waals surface area contributed by atoms with Gasteiger partial charge in [0.15, 0.2) is 0 Å². The number of imidazole rings is 1. The highest BCUT2D eigenvalue weighted by molar-refractivity contribution is 6.27. The van der Waals surface area contributed by atoms with Gasteiger partial charge in [-0.25, -0.2) is 14.6 Å². The normalized spacial score (nSPS) is 14.1. The maximum atomic E-state index is 9.10. The van der Waals surface area contributed by atoms with Crippen molar-refractivity contribution in [2.75, 3.05) is 13.1 Å². The molecule has 0 aliphatic carbocycles. The summed E-state index contributed by atoms with van der Waals surface area (Å²) in [5, 5.41) is 14.8. The minimum Gasteiger partial charge on any atom is -0.486 e. The van der Waals surface area contributed by atoms with E-state index in [4.69, 9.17) is 29.5 Å². The molecule has 3 heterocycles. The van der Waals surface area contributed by atoms with Gasteiger partial charge in [0.25, 0.3) is 0 Å². The van der Waals surface area contributed by atoms with Crippen LogP contribution >= 0.6 is 0 Å². The van der Waals surface area contributed by atoms with Gasteiger partial charge >= 0.3 is 11.9 Å². The smallest absolute Gasteiger partial charge is 0.414 e. The summed E-state index contributed by atoms with van der Waals surface area (Å²) in [4.78, 5) is 30.1. The Kier molecular flexibility index (Phi) is 8.83.